The minimum absolute atomic E-state index is 0.327. The average Bonchev–Trinajstić information content (AvgIpc) is 2.84. The van der Waals surface area contributed by atoms with Gasteiger partial charge in [0.2, 0.25) is 0 Å². The van der Waals surface area contributed by atoms with Crippen LogP contribution in [0.15, 0.2) is 47.1 Å². The highest BCUT2D eigenvalue weighted by molar-refractivity contribution is 9.10. The van der Waals surface area contributed by atoms with Crippen LogP contribution in [0.4, 0.5) is 0 Å². The number of fused-ring (bicyclic) bond motifs is 1. The molecular formula is C16H17BrN2. The number of benzene rings is 1. The lowest BCUT2D eigenvalue weighted by Crippen LogP contribution is -2.23. The van der Waals surface area contributed by atoms with Crippen LogP contribution in [-0.2, 0) is 6.42 Å². The maximum atomic E-state index is 4.61. The summed E-state index contributed by atoms with van der Waals surface area (Å²) in [7, 11) is 2.03. The van der Waals surface area contributed by atoms with Crippen molar-refractivity contribution in [2.24, 2.45) is 0 Å². The van der Waals surface area contributed by atoms with E-state index >= 15 is 0 Å². The van der Waals surface area contributed by atoms with Crippen LogP contribution in [0.2, 0.25) is 0 Å². The van der Waals surface area contributed by atoms with Crippen molar-refractivity contribution in [3.8, 4) is 0 Å². The van der Waals surface area contributed by atoms with Crippen LogP contribution in [0.5, 0.6) is 0 Å². The van der Waals surface area contributed by atoms with Crippen LogP contribution in [0.25, 0.3) is 0 Å². The molecule has 1 aromatic heterocycles. The molecule has 2 nitrogen and oxygen atoms in total. The lowest BCUT2D eigenvalue weighted by molar-refractivity contribution is 0.470. The smallest absolute Gasteiger partial charge is 0.0485 e. The molecule has 1 N–H and O–H groups in total. The van der Waals surface area contributed by atoms with Gasteiger partial charge in [0, 0.05) is 28.3 Å². The van der Waals surface area contributed by atoms with Crippen molar-refractivity contribution in [2.45, 2.75) is 24.8 Å². The molecule has 0 fully saturated rings. The van der Waals surface area contributed by atoms with E-state index in [-0.39, 0.29) is 0 Å². The lowest BCUT2D eigenvalue weighted by Gasteiger charge is -2.24. The third-order valence-electron chi connectivity index (χ3n) is 3.92. The largest absolute Gasteiger partial charge is 0.312 e. The Labute approximate surface area is 122 Å². The standard InChI is InChI=1S/C16H17BrN2/c1-18-15(12-4-2-6-13(17)10-12)14-8-7-11-5-3-9-19-16(11)14/h2-6,9-10,14-15,18H,7-8H2,1H3. The molecule has 0 radical (unpaired) electrons. The number of nitrogens with one attached hydrogen (secondary N) is 1. The van der Waals surface area contributed by atoms with Crippen LogP contribution >= 0.6 is 15.9 Å². The van der Waals surface area contributed by atoms with E-state index in [2.05, 4.69) is 56.6 Å². The first-order chi connectivity index (χ1) is 9.29. The highest BCUT2D eigenvalue weighted by atomic mass is 79.9. The Bertz CT molecular complexity index is 582. The van der Waals surface area contributed by atoms with Crippen LogP contribution in [0.1, 0.15) is 35.2 Å². The van der Waals surface area contributed by atoms with Crippen LogP contribution < -0.4 is 5.32 Å². The molecule has 98 valence electrons. The lowest BCUT2D eigenvalue weighted by atomic mass is 9.91. The molecule has 2 atom stereocenters. The van der Waals surface area contributed by atoms with Crippen molar-refractivity contribution in [3.63, 3.8) is 0 Å². The number of rotatable bonds is 3. The predicted octanol–water partition coefficient (Wildman–Crippen LogP) is 3.83. The molecule has 2 unspecified atom stereocenters. The van der Waals surface area contributed by atoms with Crippen LogP contribution in [-0.4, -0.2) is 12.0 Å². The molecule has 3 heteroatoms. The van der Waals surface area contributed by atoms with E-state index in [0.29, 0.717) is 12.0 Å². The Hall–Kier alpha value is -1.19. The van der Waals surface area contributed by atoms with Gasteiger partial charge in [0.05, 0.1) is 0 Å². The summed E-state index contributed by atoms with van der Waals surface area (Å²) in [5, 5.41) is 3.47. The maximum Gasteiger partial charge on any atom is 0.0485 e. The third-order valence-corrected chi connectivity index (χ3v) is 4.42. The zero-order valence-electron chi connectivity index (χ0n) is 10.9. The minimum Gasteiger partial charge on any atom is -0.312 e. The number of pyridine rings is 1. The van der Waals surface area contributed by atoms with Crippen molar-refractivity contribution >= 4 is 15.9 Å². The van der Waals surface area contributed by atoms with Crippen LogP contribution in [0, 0.1) is 0 Å². The van der Waals surface area contributed by atoms with Gasteiger partial charge in [-0.1, -0.05) is 34.1 Å². The van der Waals surface area contributed by atoms with Gasteiger partial charge >= 0.3 is 0 Å². The number of aryl methyl sites for hydroxylation is 1. The van der Waals surface area contributed by atoms with Crippen LogP contribution in [0.3, 0.4) is 0 Å². The fourth-order valence-electron chi connectivity index (χ4n) is 3.07. The Morgan fingerprint density at radius 2 is 2.21 bits per heavy atom. The van der Waals surface area contributed by atoms with Gasteiger partial charge in [-0.25, -0.2) is 0 Å². The van der Waals surface area contributed by atoms with E-state index in [1.54, 1.807) is 0 Å². The first-order valence-corrected chi connectivity index (χ1v) is 7.45. The van der Waals surface area contributed by atoms with Crippen molar-refractivity contribution in [1.82, 2.24) is 10.3 Å². The SMILES string of the molecule is CNC(c1cccc(Br)c1)C1CCc2cccnc21. The predicted molar refractivity (Wildman–Crippen MR) is 81.2 cm³/mol. The molecule has 3 rings (SSSR count). The summed E-state index contributed by atoms with van der Waals surface area (Å²) in [6, 6.07) is 13.1. The first kappa shape index (κ1) is 12.8. The fraction of sp³-hybridized carbons (Fsp3) is 0.312. The second kappa shape index (κ2) is 5.43. The van der Waals surface area contributed by atoms with Gasteiger partial charge in [-0.05, 0) is 49.2 Å². The monoisotopic (exact) mass is 316 g/mol. The molecule has 1 heterocycles. The van der Waals surface area contributed by atoms with E-state index in [0.717, 1.165) is 10.9 Å². The topological polar surface area (TPSA) is 24.9 Å². The zero-order valence-corrected chi connectivity index (χ0v) is 12.5. The molecule has 0 saturated heterocycles. The van der Waals surface area contributed by atoms with E-state index in [9.17, 15) is 0 Å². The Balaban J connectivity index is 1.96. The molecule has 0 saturated carbocycles. The third kappa shape index (κ3) is 2.45. The zero-order chi connectivity index (χ0) is 13.2. The van der Waals surface area contributed by atoms with Gasteiger partial charge in [-0.15, -0.1) is 0 Å². The summed E-state index contributed by atoms with van der Waals surface area (Å²) in [6.45, 7) is 0. The summed E-state index contributed by atoms with van der Waals surface area (Å²) in [6.07, 6.45) is 4.22. The molecule has 19 heavy (non-hydrogen) atoms. The summed E-state index contributed by atoms with van der Waals surface area (Å²) >= 11 is 3.56. The molecule has 2 aromatic rings. The van der Waals surface area contributed by atoms with Crippen molar-refractivity contribution in [1.29, 1.82) is 0 Å². The number of halogens is 1. The second-order valence-corrected chi connectivity index (χ2v) is 5.93. The number of hydrogen-bond donors (Lipinski definition) is 1. The number of hydrogen-bond acceptors (Lipinski definition) is 2. The Morgan fingerprint density at radius 1 is 1.32 bits per heavy atom. The highest BCUT2D eigenvalue weighted by Crippen LogP contribution is 2.40. The van der Waals surface area contributed by atoms with Gasteiger partial charge in [0.15, 0.2) is 0 Å². The molecule has 1 aliphatic carbocycles. The molecule has 1 aromatic carbocycles. The molecule has 1 aliphatic rings. The Morgan fingerprint density at radius 3 is 3.00 bits per heavy atom. The number of nitrogens with zero attached hydrogens (tertiary/aromatic N) is 1. The molecule has 0 spiro atoms. The quantitative estimate of drug-likeness (QED) is 0.930. The van der Waals surface area contributed by atoms with Gasteiger partial charge in [0.1, 0.15) is 0 Å². The molecular weight excluding hydrogens is 300 g/mol. The van der Waals surface area contributed by atoms with Crippen molar-refractivity contribution in [3.05, 3.63) is 63.9 Å². The van der Waals surface area contributed by atoms with Gasteiger partial charge < -0.3 is 5.32 Å². The summed E-state index contributed by atoms with van der Waals surface area (Å²) in [4.78, 5) is 4.61. The number of aromatic nitrogens is 1. The second-order valence-electron chi connectivity index (χ2n) is 5.01. The summed E-state index contributed by atoms with van der Waals surface area (Å²) in [5.41, 5.74) is 3.99. The van der Waals surface area contributed by atoms with Gasteiger partial charge in [-0.3, -0.25) is 4.98 Å². The van der Waals surface area contributed by atoms with Crippen molar-refractivity contribution < 1.29 is 0 Å². The maximum absolute atomic E-state index is 4.61. The molecule has 0 aliphatic heterocycles. The molecule has 0 amide bonds. The van der Waals surface area contributed by atoms with E-state index in [4.69, 9.17) is 0 Å². The van der Waals surface area contributed by atoms with E-state index in [1.165, 1.54) is 23.2 Å². The van der Waals surface area contributed by atoms with E-state index < -0.39 is 0 Å². The molecule has 0 bridgehead atoms. The van der Waals surface area contributed by atoms with Gasteiger partial charge in [-0.2, -0.15) is 0 Å². The Kier molecular flexibility index (Phi) is 3.67. The van der Waals surface area contributed by atoms with Crippen molar-refractivity contribution in [2.75, 3.05) is 7.05 Å². The highest BCUT2D eigenvalue weighted by Gasteiger charge is 2.30. The summed E-state index contributed by atoms with van der Waals surface area (Å²) in [5.74, 6) is 0.468. The summed E-state index contributed by atoms with van der Waals surface area (Å²) < 4.78 is 1.13. The first-order valence-electron chi connectivity index (χ1n) is 6.66. The fourth-order valence-corrected chi connectivity index (χ4v) is 3.49. The van der Waals surface area contributed by atoms with Gasteiger partial charge in [0.25, 0.3) is 0 Å². The normalized spacial score (nSPS) is 19.2. The minimum atomic E-state index is 0.327. The number of likely N-dealkylation sites (N-methyl/N-ethyl adjacent to an activating group) is 1. The van der Waals surface area contributed by atoms with E-state index in [1.807, 2.05) is 19.3 Å². The average molecular weight is 317 g/mol.